The van der Waals surface area contributed by atoms with Gasteiger partial charge in [0.25, 0.3) is 10.0 Å². The molecule has 0 radical (unpaired) electrons. The molecule has 0 aliphatic rings. The van der Waals surface area contributed by atoms with Crippen LogP contribution in [-0.2, 0) is 14.8 Å². The molecule has 1 amide bonds. The maximum Gasteiger partial charge on any atom is 0.264 e. The summed E-state index contributed by atoms with van der Waals surface area (Å²) in [6, 6.07) is 29.1. The third kappa shape index (κ3) is 6.01. The third-order valence-corrected chi connectivity index (χ3v) is 7.22. The largest absolute Gasteiger partial charge is 0.457 e. The number of halogens is 1. The first-order valence-electron chi connectivity index (χ1n) is 10.8. The van der Waals surface area contributed by atoms with Crippen molar-refractivity contribution in [3.63, 3.8) is 0 Å². The highest BCUT2D eigenvalue weighted by Crippen LogP contribution is 2.28. The minimum absolute atomic E-state index is 0.0420. The standard InChI is InChI=1S/C27H23ClN2O4S/c1-20-7-5-6-10-26(20)30(35(32,33)25-17-11-21(28)12-18-25)19-27(31)29-22-13-15-24(16-14-22)34-23-8-3-2-4-9-23/h2-18H,19H2,1H3,(H,29,31). The van der Waals surface area contributed by atoms with Crippen molar-refractivity contribution in [1.82, 2.24) is 0 Å². The van der Waals surface area contributed by atoms with Gasteiger partial charge in [-0.1, -0.05) is 48.0 Å². The van der Waals surface area contributed by atoms with Crippen molar-refractivity contribution < 1.29 is 17.9 Å². The topological polar surface area (TPSA) is 75.7 Å². The minimum Gasteiger partial charge on any atom is -0.457 e. The van der Waals surface area contributed by atoms with Gasteiger partial charge in [0.15, 0.2) is 0 Å². The van der Waals surface area contributed by atoms with Crippen LogP contribution >= 0.6 is 11.6 Å². The van der Waals surface area contributed by atoms with Crippen LogP contribution in [0.1, 0.15) is 5.56 Å². The Morgan fingerprint density at radius 2 is 1.43 bits per heavy atom. The molecular formula is C27H23ClN2O4S. The van der Waals surface area contributed by atoms with E-state index in [0.29, 0.717) is 27.9 Å². The summed E-state index contributed by atoms with van der Waals surface area (Å²) in [6.07, 6.45) is 0. The fourth-order valence-corrected chi connectivity index (χ4v) is 5.05. The summed E-state index contributed by atoms with van der Waals surface area (Å²) < 4.78 is 33.8. The number of benzene rings is 4. The van der Waals surface area contributed by atoms with E-state index in [0.717, 1.165) is 9.87 Å². The number of rotatable bonds is 8. The molecule has 4 rings (SSSR count). The lowest BCUT2D eigenvalue weighted by atomic mass is 10.2. The highest BCUT2D eigenvalue weighted by Gasteiger charge is 2.28. The number of aryl methyl sites for hydroxylation is 1. The molecule has 0 aliphatic carbocycles. The van der Waals surface area contributed by atoms with E-state index >= 15 is 0 Å². The van der Waals surface area contributed by atoms with Crippen molar-refractivity contribution in [1.29, 1.82) is 0 Å². The number of carbonyl (C=O) groups is 1. The summed E-state index contributed by atoms with van der Waals surface area (Å²) in [5, 5.41) is 3.18. The molecule has 8 heteroatoms. The van der Waals surface area contributed by atoms with Crippen LogP contribution in [0.15, 0.2) is 108 Å². The molecule has 178 valence electrons. The molecule has 0 aromatic heterocycles. The van der Waals surface area contributed by atoms with Crippen molar-refractivity contribution >= 4 is 38.9 Å². The van der Waals surface area contributed by atoms with Gasteiger partial charge in [0.1, 0.15) is 18.0 Å². The SMILES string of the molecule is Cc1ccccc1N(CC(=O)Nc1ccc(Oc2ccccc2)cc1)S(=O)(=O)c1ccc(Cl)cc1. The van der Waals surface area contributed by atoms with Crippen LogP contribution < -0.4 is 14.4 Å². The van der Waals surface area contributed by atoms with Gasteiger partial charge < -0.3 is 10.1 Å². The van der Waals surface area contributed by atoms with Gasteiger partial charge in [0, 0.05) is 10.7 Å². The normalized spacial score (nSPS) is 11.0. The number of sulfonamides is 1. The Bertz CT molecular complexity index is 1410. The number of nitrogens with zero attached hydrogens (tertiary/aromatic N) is 1. The average molecular weight is 507 g/mol. The van der Waals surface area contributed by atoms with E-state index in [1.54, 1.807) is 49.4 Å². The smallest absolute Gasteiger partial charge is 0.264 e. The fourth-order valence-electron chi connectivity index (χ4n) is 3.44. The number of carbonyl (C=O) groups excluding carboxylic acids is 1. The number of nitrogens with one attached hydrogen (secondary N) is 1. The maximum atomic E-state index is 13.5. The van der Waals surface area contributed by atoms with E-state index < -0.39 is 22.5 Å². The average Bonchev–Trinajstić information content (AvgIpc) is 2.85. The molecule has 0 saturated carbocycles. The monoisotopic (exact) mass is 506 g/mol. The van der Waals surface area contributed by atoms with E-state index in [-0.39, 0.29) is 4.90 Å². The molecule has 4 aromatic rings. The summed E-state index contributed by atoms with van der Waals surface area (Å²) in [7, 11) is -4.03. The summed E-state index contributed by atoms with van der Waals surface area (Å²) in [6.45, 7) is 1.39. The van der Waals surface area contributed by atoms with Gasteiger partial charge in [-0.3, -0.25) is 9.10 Å². The Balaban J connectivity index is 1.54. The second-order valence-corrected chi connectivity index (χ2v) is 10.0. The van der Waals surface area contributed by atoms with Crippen LogP contribution in [0.2, 0.25) is 5.02 Å². The molecule has 0 atom stereocenters. The van der Waals surface area contributed by atoms with Crippen molar-refractivity contribution in [2.24, 2.45) is 0 Å². The second kappa shape index (κ2) is 10.6. The molecule has 6 nitrogen and oxygen atoms in total. The highest BCUT2D eigenvalue weighted by atomic mass is 35.5. The van der Waals surface area contributed by atoms with Crippen LogP contribution in [0.4, 0.5) is 11.4 Å². The van der Waals surface area contributed by atoms with Gasteiger partial charge in [0.2, 0.25) is 5.91 Å². The molecule has 0 heterocycles. The Hall–Kier alpha value is -3.81. The van der Waals surface area contributed by atoms with Gasteiger partial charge in [-0.15, -0.1) is 0 Å². The van der Waals surface area contributed by atoms with Crippen molar-refractivity contribution in [3.05, 3.63) is 114 Å². The summed E-state index contributed by atoms with van der Waals surface area (Å²) in [5.74, 6) is 0.828. The van der Waals surface area contributed by atoms with Crippen LogP contribution in [-0.4, -0.2) is 20.9 Å². The number of para-hydroxylation sites is 2. The van der Waals surface area contributed by atoms with Gasteiger partial charge in [-0.25, -0.2) is 8.42 Å². The number of hydrogen-bond donors (Lipinski definition) is 1. The lowest BCUT2D eigenvalue weighted by Crippen LogP contribution is -2.38. The van der Waals surface area contributed by atoms with Crippen molar-refractivity contribution in [3.8, 4) is 11.5 Å². The first-order valence-corrected chi connectivity index (χ1v) is 12.6. The molecule has 0 aliphatic heterocycles. The molecule has 4 aromatic carbocycles. The number of anilines is 2. The molecule has 0 bridgehead atoms. The molecule has 0 saturated heterocycles. The van der Waals surface area contributed by atoms with Gasteiger partial charge in [-0.05, 0) is 79.2 Å². The van der Waals surface area contributed by atoms with Crippen LogP contribution in [0.25, 0.3) is 0 Å². The number of hydrogen-bond acceptors (Lipinski definition) is 4. The number of amides is 1. The maximum absolute atomic E-state index is 13.5. The van der Waals surface area contributed by atoms with E-state index in [9.17, 15) is 13.2 Å². The zero-order chi connectivity index (χ0) is 24.8. The highest BCUT2D eigenvalue weighted by molar-refractivity contribution is 7.92. The zero-order valence-corrected chi connectivity index (χ0v) is 20.5. The molecule has 35 heavy (non-hydrogen) atoms. The van der Waals surface area contributed by atoms with E-state index in [1.807, 2.05) is 36.4 Å². The van der Waals surface area contributed by atoms with E-state index in [4.69, 9.17) is 16.3 Å². The predicted octanol–water partition coefficient (Wildman–Crippen LogP) is 6.27. The minimum atomic E-state index is -4.03. The molecule has 1 N–H and O–H groups in total. The van der Waals surface area contributed by atoms with Crippen LogP contribution in [0.5, 0.6) is 11.5 Å². The van der Waals surface area contributed by atoms with Gasteiger partial charge in [-0.2, -0.15) is 0 Å². The molecule has 0 fully saturated rings. The quantitative estimate of drug-likeness (QED) is 0.305. The first-order chi connectivity index (χ1) is 16.8. The Morgan fingerprint density at radius 3 is 2.09 bits per heavy atom. The molecular weight excluding hydrogens is 484 g/mol. The Labute approximate surface area is 209 Å². The first kappa shape index (κ1) is 24.3. The predicted molar refractivity (Wildman–Crippen MR) is 139 cm³/mol. The Kier molecular flexibility index (Phi) is 7.39. The Morgan fingerprint density at radius 1 is 0.829 bits per heavy atom. The van der Waals surface area contributed by atoms with Crippen molar-refractivity contribution in [2.75, 3.05) is 16.2 Å². The van der Waals surface area contributed by atoms with Crippen LogP contribution in [0.3, 0.4) is 0 Å². The van der Waals surface area contributed by atoms with Gasteiger partial charge >= 0.3 is 0 Å². The lowest BCUT2D eigenvalue weighted by molar-refractivity contribution is -0.114. The molecule has 0 unspecified atom stereocenters. The van der Waals surface area contributed by atoms with E-state index in [2.05, 4.69) is 5.32 Å². The summed E-state index contributed by atoms with van der Waals surface area (Å²) in [4.78, 5) is 13.0. The zero-order valence-electron chi connectivity index (χ0n) is 18.9. The van der Waals surface area contributed by atoms with Crippen LogP contribution in [0, 0.1) is 6.92 Å². The summed E-state index contributed by atoms with van der Waals surface area (Å²) >= 11 is 5.93. The lowest BCUT2D eigenvalue weighted by Gasteiger charge is -2.25. The van der Waals surface area contributed by atoms with Gasteiger partial charge in [0.05, 0.1) is 10.6 Å². The second-order valence-electron chi connectivity index (χ2n) is 7.74. The van der Waals surface area contributed by atoms with Crippen molar-refractivity contribution in [2.45, 2.75) is 11.8 Å². The van der Waals surface area contributed by atoms with E-state index in [1.165, 1.54) is 24.3 Å². The summed E-state index contributed by atoms with van der Waals surface area (Å²) in [5.41, 5.74) is 1.66. The fraction of sp³-hybridized carbons (Fsp3) is 0.0741. The molecule has 0 spiro atoms. The third-order valence-electron chi connectivity index (χ3n) is 5.19. The number of ether oxygens (including phenoxy) is 1.